The molecule has 0 radical (unpaired) electrons. The van der Waals surface area contributed by atoms with E-state index in [2.05, 4.69) is 18.2 Å². The number of rotatable bonds is 5. The molecule has 0 fully saturated rings. The molecule has 4 heteroatoms. The second-order valence-electron chi connectivity index (χ2n) is 6.70. The topological polar surface area (TPSA) is 40.5 Å². The van der Waals surface area contributed by atoms with Gasteiger partial charge in [0.2, 0.25) is 0 Å². The van der Waals surface area contributed by atoms with E-state index in [0.29, 0.717) is 5.57 Å². The second-order valence-corrected chi connectivity index (χ2v) is 7.58. The highest BCUT2D eigenvalue weighted by atomic mass is 32.2. The lowest BCUT2D eigenvalue weighted by atomic mass is 9.95. The number of aliphatic carboxylic acids is 1. The number of anilines is 1. The van der Waals surface area contributed by atoms with Crippen LogP contribution in [0, 0.1) is 0 Å². The fraction of sp³-hybridized carbons (Fsp3) is 0.227. The molecule has 0 aliphatic heterocycles. The highest BCUT2D eigenvalue weighted by molar-refractivity contribution is 7.98. The Morgan fingerprint density at radius 1 is 1.15 bits per heavy atom. The first-order valence-corrected chi connectivity index (χ1v) is 9.73. The van der Waals surface area contributed by atoms with Gasteiger partial charge in [-0.25, -0.2) is 4.79 Å². The van der Waals surface area contributed by atoms with Gasteiger partial charge in [0.15, 0.2) is 0 Å². The summed E-state index contributed by atoms with van der Waals surface area (Å²) in [5.74, 6) is -0.892. The van der Waals surface area contributed by atoms with Gasteiger partial charge < -0.3 is 10.0 Å². The summed E-state index contributed by atoms with van der Waals surface area (Å²) < 4.78 is 0. The monoisotopic (exact) mass is 365 g/mol. The predicted molar refractivity (Wildman–Crippen MR) is 111 cm³/mol. The van der Waals surface area contributed by atoms with Gasteiger partial charge in [-0.3, -0.25) is 0 Å². The molecule has 0 heterocycles. The molecular formula is C22H23NO2S. The van der Waals surface area contributed by atoms with E-state index in [0.717, 1.165) is 39.3 Å². The molecule has 1 aliphatic carbocycles. The van der Waals surface area contributed by atoms with Crippen molar-refractivity contribution < 1.29 is 9.90 Å². The van der Waals surface area contributed by atoms with E-state index in [4.69, 9.17) is 0 Å². The van der Waals surface area contributed by atoms with Crippen molar-refractivity contribution in [2.75, 3.05) is 25.3 Å². The van der Waals surface area contributed by atoms with Crippen molar-refractivity contribution in [1.82, 2.24) is 0 Å². The third-order valence-corrected chi connectivity index (χ3v) is 5.43. The Bertz CT molecular complexity index is 908. The largest absolute Gasteiger partial charge is 0.478 e. The van der Waals surface area contributed by atoms with E-state index in [9.17, 15) is 9.90 Å². The number of allylic oxidation sites excluding steroid dienone is 1. The molecule has 0 saturated carbocycles. The highest BCUT2D eigenvalue weighted by Gasteiger charge is 2.26. The van der Waals surface area contributed by atoms with E-state index in [1.165, 1.54) is 5.56 Å². The van der Waals surface area contributed by atoms with Crippen LogP contribution in [-0.2, 0) is 11.2 Å². The summed E-state index contributed by atoms with van der Waals surface area (Å²) in [6.07, 6.45) is 4.61. The lowest BCUT2D eigenvalue weighted by molar-refractivity contribution is -0.132. The number of thioether (sulfide) groups is 1. The average molecular weight is 365 g/mol. The molecule has 0 aromatic heterocycles. The first-order valence-electron chi connectivity index (χ1n) is 8.50. The molecular weight excluding hydrogens is 342 g/mol. The molecule has 0 saturated heterocycles. The van der Waals surface area contributed by atoms with Crippen LogP contribution in [0.5, 0.6) is 0 Å². The predicted octanol–water partition coefficient (Wildman–Crippen LogP) is 4.97. The lowest BCUT2D eigenvalue weighted by Gasteiger charge is -2.15. The van der Waals surface area contributed by atoms with Crippen LogP contribution < -0.4 is 4.90 Å². The summed E-state index contributed by atoms with van der Waals surface area (Å²) in [7, 11) is 3.99. The Morgan fingerprint density at radius 3 is 2.42 bits per heavy atom. The van der Waals surface area contributed by atoms with Crippen LogP contribution in [0.2, 0.25) is 0 Å². The van der Waals surface area contributed by atoms with Crippen LogP contribution in [-0.4, -0.2) is 31.4 Å². The van der Waals surface area contributed by atoms with Gasteiger partial charge in [-0.1, -0.05) is 23.8 Å². The minimum Gasteiger partial charge on any atom is -0.478 e. The number of hydrogen-bond donors (Lipinski definition) is 1. The van der Waals surface area contributed by atoms with Crippen LogP contribution in [0.3, 0.4) is 0 Å². The molecule has 0 amide bonds. The van der Waals surface area contributed by atoms with Gasteiger partial charge in [0, 0.05) is 24.7 Å². The smallest absolute Gasteiger partial charge is 0.336 e. The molecule has 134 valence electrons. The molecule has 1 N–H and O–H groups in total. The van der Waals surface area contributed by atoms with Gasteiger partial charge in [-0.2, -0.15) is 0 Å². The van der Waals surface area contributed by atoms with E-state index >= 15 is 0 Å². The van der Waals surface area contributed by atoms with Crippen molar-refractivity contribution in [3.05, 3.63) is 70.3 Å². The maximum absolute atomic E-state index is 12.1. The third-order valence-electron chi connectivity index (χ3n) is 4.69. The molecule has 0 unspecified atom stereocenters. The van der Waals surface area contributed by atoms with Crippen LogP contribution in [0.4, 0.5) is 5.69 Å². The number of benzene rings is 2. The number of fused-ring (bicyclic) bond motifs is 1. The van der Waals surface area contributed by atoms with Crippen molar-refractivity contribution in [3.8, 4) is 0 Å². The molecule has 0 atom stereocenters. The fourth-order valence-corrected chi connectivity index (χ4v) is 3.72. The van der Waals surface area contributed by atoms with E-state index in [1.807, 2.05) is 56.4 Å². The van der Waals surface area contributed by atoms with Crippen LogP contribution in [0.25, 0.3) is 11.6 Å². The number of carbonyl (C=O) groups is 1. The highest BCUT2D eigenvalue weighted by Crippen LogP contribution is 2.40. The summed E-state index contributed by atoms with van der Waals surface area (Å²) in [4.78, 5) is 15.3. The number of nitrogens with zero attached hydrogens (tertiary/aromatic N) is 1. The Kier molecular flexibility index (Phi) is 5.23. The van der Waals surface area contributed by atoms with Crippen molar-refractivity contribution in [2.24, 2.45) is 0 Å². The summed E-state index contributed by atoms with van der Waals surface area (Å²) >= 11 is 1.67. The number of carboxylic acids is 1. The molecule has 2 aromatic carbocycles. The van der Waals surface area contributed by atoms with Crippen molar-refractivity contribution >= 4 is 35.1 Å². The molecule has 3 nitrogen and oxygen atoms in total. The molecule has 3 rings (SSSR count). The standard InChI is InChI=1S/C22H23NO2S/c1-14-11-16-7-8-17(23(2)3)13-19(16)21(14)20(22(24)25)12-15-5-9-18(26-4)10-6-15/h5-10,12-13H,11H2,1-4H3,(H,24,25). The Hall–Kier alpha value is -2.46. The summed E-state index contributed by atoms with van der Waals surface area (Å²) in [6, 6.07) is 14.3. The van der Waals surface area contributed by atoms with Gasteiger partial charge in [-0.05, 0) is 72.2 Å². The summed E-state index contributed by atoms with van der Waals surface area (Å²) in [6.45, 7) is 2.03. The van der Waals surface area contributed by atoms with E-state index in [1.54, 1.807) is 17.8 Å². The number of hydrogen-bond acceptors (Lipinski definition) is 3. The molecule has 2 aromatic rings. The van der Waals surface area contributed by atoms with Crippen molar-refractivity contribution in [1.29, 1.82) is 0 Å². The summed E-state index contributed by atoms with van der Waals surface area (Å²) in [5, 5.41) is 9.90. The van der Waals surface area contributed by atoms with E-state index < -0.39 is 5.97 Å². The Labute approximate surface area is 159 Å². The van der Waals surface area contributed by atoms with Crippen LogP contribution in [0.1, 0.15) is 23.6 Å². The Morgan fingerprint density at radius 2 is 1.85 bits per heavy atom. The molecule has 0 spiro atoms. The zero-order valence-electron chi connectivity index (χ0n) is 15.5. The van der Waals surface area contributed by atoms with Gasteiger partial charge in [-0.15, -0.1) is 11.8 Å². The third kappa shape index (κ3) is 3.56. The normalized spacial score (nSPS) is 13.8. The number of carboxylic acid groups (broad SMARTS) is 1. The second kappa shape index (κ2) is 7.42. The first-order chi connectivity index (χ1) is 12.4. The average Bonchev–Trinajstić information content (AvgIpc) is 2.94. The van der Waals surface area contributed by atoms with Crippen LogP contribution >= 0.6 is 11.8 Å². The van der Waals surface area contributed by atoms with Crippen molar-refractivity contribution in [2.45, 2.75) is 18.2 Å². The van der Waals surface area contributed by atoms with Gasteiger partial charge >= 0.3 is 5.97 Å². The van der Waals surface area contributed by atoms with Gasteiger partial charge in [0.1, 0.15) is 0 Å². The molecule has 1 aliphatic rings. The Balaban J connectivity index is 2.09. The molecule has 0 bridgehead atoms. The quantitative estimate of drug-likeness (QED) is 0.600. The maximum atomic E-state index is 12.1. The molecule has 26 heavy (non-hydrogen) atoms. The minimum atomic E-state index is -0.892. The van der Waals surface area contributed by atoms with Crippen LogP contribution in [0.15, 0.2) is 58.5 Å². The van der Waals surface area contributed by atoms with E-state index in [-0.39, 0.29) is 0 Å². The maximum Gasteiger partial charge on any atom is 0.336 e. The SMILES string of the molecule is CSc1ccc(C=C(C(=O)O)C2=C(C)Cc3ccc(N(C)C)cc32)cc1. The first kappa shape index (κ1) is 18.3. The minimum absolute atomic E-state index is 0.356. The lowest BCUT2D eigenvalue weighted by Crippen LogP contribution is -2.09. The van der Waals surface area contributed by atoms with Gasteiger partial charge in [0.05, 0.1) is 5.57 Å². The van der Waals surface area contributed by atoms with Gasteiger partial charge in [0.25, 0.3) is 0 Å². The fourth-order valence-electron chi connectivity index (χ4n) is 3.32. The zero-order valence-corrected chi connectivity index (χ0v) is 16.4. The zero-order chi connectivity index (χ0) is 18.8. The summed E-state index contributed by atoms with van der Waals surface area (Å²) in [5.41, 5.74) is 6.50. The van der Waals surface area contributed by atoms with Crippen molar-refractivity contribution in [3.63, 3.8) is 0 Å².